The van der Waals surface area contributed by atoms with Gasteiger partial charge in [-0.25, -0.2) is 14.4 Å². The molecule has 1 aliphatic rings. The van der Waals surface area contributed by atoms with E-state index in [1.807, 2.05) is 0 Å². The Kier molecular flexibility index (Phi) is 4.28. The number of nitrogens with zero attached hydrogens (tertiary/aromatic N) is 3. The molecule has 3 rings (SSSR count). The summed E-state index contributed by atoms with van der Waals surface area (Å²) in [6, 6.07) is 7.48. The van der Waals surface area contributed by atoms with Gasteiger partial charge in [0.2, 0.25) is 0 Å². The van der Waals surface area contributed by atoms with Gasteiger partial charge in [-0.1, -0.05) is 0 Å². The number of rotatable bonds is 5. The lowest BCUT2D eigenvalue weighted by Gasteiger charge is -2.13. The summed E-state index contributed by atoms with van der Waals surface area (Å²) in [5.41, 5.74) is 1.28. The minimum Gasteiger partial charge on any atom is -0.469 e. The van der Waals surface area contributed by atoms with E-state index in [9.17, 15) is 14.4 Å². The van der Waals surface area contributed by atoms with Gasteiger partial charge in [0.25, 0.3) is 5.91 Å². The van der Waals surface area contributed by atoms with Crippen molar-refractivity contribution in [1.82, 2.24) is 15.1 Å². The molecule has 1 aliphatic heterocycles. The molecule has 2 heterocycles. The van der Waals surface area contributed by atoms with Crippen LogP contribution in [0.4, 0.5) is 10.5 Å². The quantitative estimate of drug-likeness (QED) is 0.658. The zero-order valence-electron chi connectivity index (χ0n) is 13.0. The summed E-state index contributed by atoms with van der Waals surface area (Å²) in [6.07, 6.45) is 3.74. The number of ether oxygens (including phenoxy) is 1. The molecule has 1 aromatic carbocycles. The summed E-state index contributed by atoms with van der Waals surface area (Å²) in [6.45, 7) is 0. The summed E-state index contributed by atoms with van der Waals surface area (Å²) in [5, 5.41) is 6.70. The van der Waals surface area contributed by atoms with Crippen molar-refractivity contribution in [3.8, 4) is 5.69 Å². The van der Waals surface area contributed by atoms with E-state index in [4.69, 9.17) is 0 Å². The number of hydrogen-bond acceptors (Lipinski definition) is 5. The number of carbonyl (C=O) groups excluding carboxylic acids is 3. The van der Waals surface area contributed by atoms with Crippen molar-refractivity contribution < 1.29 is 19.1 Å². The number of nitrogens with one attached hydrogen (secondary N) is 1. The molecular formula is C16H16N4O4. The van der Waals surface area contributed by atoms with Gasteiger partial charge in [0.15, 0.2) is 0 Å². The van der Waals surface area contributed by atoms with Crippen molar-refractivity contribution in [2.75, 3.05) is 12.0 Å². The van der Waals surface area contributed by atoms with Gasteiger partial charge in [0.05, 0.1) is 18.5 Å². The van der Waals surface area contributed by atoms with Crippen LogP contribution >= 0.6 is 0 Å². The van der Waals surface area contributed by atoms with Crippen LogP contribution in [0.5, 0.6) is 0 Å². The van der Waals surface area contributed by atoms with Crippen LogP contribution in [-0.2, 0) is 14.3 Å². The van der Waals surface area contributed by atoms with E-state index in [1.54, 1.807) is 47.4 Å². The van der Waals surface area contributed by atoms with E-state index in [2.05, 4.69) is 15.2 Å². The second-order valence-corrected chi connectivity index (χ2v) is 5.26. The number of urea groups is 1. The van der Waals surface area contributed by atoms with Gasteiger partial charge in [-0.2, -0.15) is 5.10 Å². The minimum atomic E-state index is -0.720. The molecule has 1 saturated heterocycles. The molecule has 1 N–H and O–H groups in total. The molecule has 1 aromatic heterocycles. The number of hydrogen-bond donors (Lipinski definition) is 1. The Bertz CT molecular complexity index is 755. The van der Waals surface area contributed by atoms with E-state index in [1.165, 1.54) is 7.11 Å². The zero-order valence-corrected chi connectivity index (χ0v) is 13.0. The highest BCUT2D eigenvalue weighted by atomic mass is 16.5. The van der Waals surface area contributed by atoms with Crippen LogP contribution in [0.15, 0.2) is 42.7 Å². The fourth-order valence-corrected chi connectivity index (χ4v) is 2.51. The highest BCUT2D eigenvalue weighted by Gasteiger charge is 2.38. The van der Waals surface area contributed by atoms with E-state index < -0.39 is 18.0 Å². The molecule has 0 unspecified atom stereocenters. The van der Waals surface area contributed by atoms with Crippen LogP contribution in [-0.4, -0.2) is 40.8 Å². The third-order valence-corrected chi connectivity index (χ3v) is 3.76. The monoisotopic (exact) mass is 328 g/mol. The molecule has 8 nitrogen and oxygen atoms in total. The molecule has 0 aliphatic carbocycles. The smallest absolute Gasteiger partial charge is 0.329 e. The van der Waals surface area contributed by atoms with E-state index >= 15 is 0 Å². The number of anilines is 1. The van der Waals surface area contributed by atoms with E-state index in [0.717, 1.165) is 10.6 Å². The van der Waals surface area contributed by atoms with Crippen molar-refractivity contribution in [3.05, 3.63) is 42.7 Å². The number of amides is 3. The number of esters is 1. The van der Waals surface area contributed by atoms with Crippen LogP contribution in [0, 0.1) is 0 Å². The zero-order chi connectivity index (χ0) is 17.1. The van der Waals surface area contributed by atoms with Crippen molar-refractivity contribution in [2.24, 2.45) is 0 Å². The van der Waals surface area contributed by atoms with Crippen LogP contribution in [0.1, 0.15) is 12.8 Å². The highest BCUT2D eigenvalue weighted by molar-refractivity contribution is 6.21. The van der Waals surface area contributed by atoms with Crippen LogP contribution in [0.2, 0.25) is 0 Å². The summed E-state index contributed by atoms with van der Waals surface area (Å²) in [7, 11) is 1.28. The molecule has 124 valence electrons. The van der Waals surface area contributed by atoms with E-state index in [-0.39, 0.29) is 18.7 Å². The summed E-state index contributed by atoms with van der Waals surface area (Å²) in [5.74, 6) is -0.796. The Morgan fingerprint density at radius 1 is 1.25 bits per heavy atom. The summed E-state index contributed by atoms with van der Waals surface area (Å²) >= 11 is 0. The van der Waals surface area contributed by atoms with Gasteiger partial charge in [0.1, 0.15) is 6.04 Å². The van der Waals surface area contributed by atoms with Gasteiger partial charge in [0, 0.05) is 18.8 Å². The molecule has 1 atom stereocenters. The van der Waals surface area contributed by atoms with Crippen molar-refractivity contribution in [1.29, 1.82) is 0 Å². The lowest BCUT2D eigenvalue weighted by Crippen LogP contribution is -2.31. The Labute approximate surface area is 138 Å². The molecule has 1 fully saturated rings. The number of imide groups is 1. The Hall–Kier alpha value is -3.16. The van der Waals surface area contributed by atoms with Crippen LogP contribution in [0.3, 0.4) is 0 Å². The van der Waals surface area contributed by atoms with Crippen molar-refractivity contribution >= 4 is 23.6 Å². The van der Waals surface area contributed by atoms with Crippen molar-refractivity contribution in [3.63, 3.8) is 0 Å². The maximum Gasteiger partial charge on any atom is 0.329 e. The lowest BCUT2D eigenvalue weighted by molar-refractivity contribution is -0.140. The Balaban J connectivity index is 1.73. The number of aromatic nitrogens is 2. The normalized spacial score (nSPS) is 17.0. The first-order valence-corrected chi connectivity index (χ1v) is 7.41. The maximum atomic E-state index is 12.4. The second kappa shape index (κ2) is 6.53. The molecule has 0 bridgehead atoms. The third-order valence-electron chi connectivity index (χ3n) is 3.76. The SMILES string of the molecule is COC(=O)CC[C@H]1NC(=O)N(c2ccc(-n3cccn3)cc2)C1=O. The first-order chi connectivity index (χ1) is 11.6. The van der Waals surface area contributed by atoms with Gasteiger partial charge < -0.3 is 10.1 Å². The molecule has 3 amide bonds. The molecule has 0 spiro atoms. The van der Waals surface area contributed by atoms with Gasteiger partial charge in [-0.15, -0.1) is 0 Å². The Morgan fingerprint density at radius 2 is 1.96 bits per heavy atom. The van der Waals surface area contributed by atoms with E-state index in [0.29, 0.717) is 5.69 Å². The molecular weight excluding hydrogens is 312 g/mol. The maximum absolute atomic E-state index is 12.4. The molecule has 2 aromatic rings. The average molecular weight is 328 g/mol. The average Bonchev–Trinajstić information content (AvgIpc) is 3.21. The van der Waals surface area contributed by atoms with Crippen LogP contribution < -0.4 is 10.2 Å². The van der Waals surface area contributed by atoms with Gasteiger partial charge in [-0.3, -0.25) is 9.59 Å². The third kappa shape index (κ3) is 2.98. The molecule has 0 radical (unpaired) electrons. The second-order valence-electron chi connectivity index (χ2n) is 5.26. The predicted octanol–water partition coefficient (Wildman–Crippen LogP) is 1.25. The minimum absolute atomic E-state index is 0.0687. The number of methoxy groups -OCH3 is 1. The van der Waals surface area contributed by atoms with Crippen molar-refractivity contribution in [2.45, 2.75) is 18.9 Å². The number of carbonyl (C=O) groups is 3. The summed E-state index contributed by atoms with van der Waals surface area (Å²) < 4.78 is 6.22. The van der Waals surface area contributed by atoms with Gasteiger partial charge >= 0.3 is 12.0 Å². The summed E-state index contributed by atoms with van der Waals surface area (Å²) in [4.78, 5) is 36.8. The van der Waals surface area contributed by atoms with Gasteiger partial charge in [-0.05, 0) is 36.8 Å². The molecule has 0 saturated carbocycles. The number of benzene rings is 1. The first-order valence-electron chi connectivity index (χ1n) is 7.41. The lowest BCUT2D eigenvalue weighted by atomic mass is 10.1. The predicted molar refractivity (Wildman–Crippen MR) is 84.6 cm³/mol. The van der Waals surface area contributed by atoms with Crippen LogP contribution in [0.25, 0.3) is 5.69 Å². The largest absolute Gasteiger partial charge is 0.469 e. The fourth-order valence-electron chi connectivity index (χ4n) is 2.51. The molecule has 8 heteroatoms. The highest BCUT2D eigenvalue weighted by Crippen LogP contribution is 2.22. The first kappa shape index (κ1) is 15.7. The molecule has 24 heavy (non-hydrogen) atoms. The fraction of sp³-hybridized carbons (Fsp3) is 0.250. The standard InChI is InChI=1S/C16H16N4O4/c1-24-14(21)8-7-13-15(22)20(16(23)18-13)12-5-3-11(4-6-12)19-10-2-9-17-19/h2-6,9-10,13H,7-8H2,1H3,(H,18,23)/t13-/m1/s1. The topological polar surface area (TPSA) is 93.5 Å². The Morgan fingerprint density at radius 3 is 2.58 bits per heavy atom.